The molecule has 0 aromatic heterocycles. The molecule has 0 aliphatic heterocycles. The number of amides is 1. The highest BCUT2D eigenvalue weighted by atomic mass is 32.2. The van der Waals surface area contributed by atoms with Crippen molar-refractivity contribution in [3.05, 3.63) is 54.1 Å². The number of hydrogen-bond donors (Lipinski definition) is 1. The summed E-state index contributed by atoms with van der Waals surface area (Å²) in [4.78, 5) is 12.1. The molecule has 26 heavy (non-hydrogen) atoms. The topological polar surface area (TPSA) is 75.7 Å². The van der Waals surface area contributed by atoms with E-state index in [1.54, 1.807) is 24.3 Å². The van der Waals surface area contributed by atoms with Crippen LogP contribution in [-0.2, 0) is 14.8 Å². The van der Waals surface area contributed by atoms with Crippen LogP contribution in [0, 0.1) is 6.92 Å². The Morgan fingerprint density at radius 1 is 1.12 bits per heavy atom. The second-order valence-electron chi connectivity index (χ2n) is 6.02. The molecule has 0 aliphatic carbocycles. The Morgan fingerprint density at radius 3 is 2.38 bits per heavy atom. The Labute approximate surface area is 154 Å². The maximum Gasteiger partial charge on any atom is 0.232 e. The number of anilines is 2. The Bertz CT molecular complexity index is 848. The van der Waals surface area contributed by atoms with Gasteiger partial charge in [0.1, 0.15) is 5.75 Å². The van der Waals surface area contributed by atoms with Gasteiger partial charge in [0, 0.05) is 18.7 Å². The summed E-state index contributed by atoms with van der Waals surface area (Å²) in [5.41, 5.74) is 2.31. The van der Waals surface area contributed by atoms with E-state index in [0.717, 1.165) is 17.5 Å². The van der Waals surface area contributed by atoms with Gasteiger partial charge in [-0.05, 0) is 37.6 Å². The lowest BCUT2D eigenvalue weighted by Crippen LogP contribution is -2.31. The standard InChI is InChI=1S/C19H24N2O4S/c1-15-10-12-16(13-11-15)20-19(22)9-6-14-21(26(3,23)24)17-7-4-5-8-18(17)25-2/h4-5,7-8,10-13H,6,9,14H2,1-3H3,(H,20,22). The van der Waals surface area contributed by atoms with Crippen molar-refractivity contribution in [2.24, 2.45) is 0 Å². The van der Waals surface area contributed by atoms with E-state index in [4.69, 9.17) is 4.74 Å². The predicted molar refractivity (Wildman–Crippen MR) is 104 cm³/mol. The number of nitrogens with zero attached hydrogens (tertiary/aromatic N) is 1. The van der Waals surface area contributed by atoms with E-state index in [1.807, 2.05) is 31.2 Å². The van der Waals surface area contributed by atoms with Gasteiger partial charge in [0.25, 0.3) is 0 Å². The summed E-state index contributed by atoms with van der Waals surface area (Å²) in [6, 6.07) is 14.4. The van der Waals surface area contributed by atoms with Crippen molar-refractivity contribution < 1.29 is 17.9 Å². The molecule has 0 heterocycles. The third kappa shape index (κ3) is 5.49. The quantitative estimate of drug-likeness (QED) is 0.768. The Hall–Kier alpha value is -2.54. The molecule has 7 heteroatoms. The van der Waals surface area contributed by atoms with Crippen molar-refractivity contribution in [3.8, 4) is 5.75 Å². The van der Waals surface area contributed by atoms with Gasteiger partial charge in [-0.25, -0.2) is 8.42 Å². The van der Waals surface area contributed by atoms with Crippen molar-refractivity contribution in [3.63, 3.8) is 0 Å². The first kappa shape index (κ1) is 19.8. The third-order valence-corrected chi connectivity index (χ3v) is 5.03. The van der Waals surface area contributed by atoms with Crippen molar-refractivity contribution in [1.29, 1.82) is 0 Å². The van der Waals surface area contributed by atoms with Crippen LogP contribution in [0.2, 0.25) is 0 Å². The summed E-state index contributed by atoms with van der Waals surface area (Å²) in [7, 11) is -2.00. The minimum atomic E-state index is -3.49. The molecule has 0 saturated carbocycles. The van der Waals surface area contributed by atoms with Crippen LogP contribution in [0.15, 0.2) is 48.5 Å². The molecule has 2 aromatic rings. The largest absolute Gasteiger partial charge is 0.495 e. The summed E-state index contributed by atoms with van der Waals surface area (Å²) in [6.45, 7) is 2.17. The molecule has 0 radical (unpaired) electrons. The van der Waals surface area contributed by atoms with E-state index in [-0.39, 0.29) is 18.9 Å². The van der Waals surface area contributed by atoms with Crippen molar-refractivity contribution in [1.82, 2.24) is 0 Å². The first-order valence-corrected chi connectivity index (χ1v) is 10.1. The van der Waals surface area contributed by atoms with Gasteiger partial charge in [0.05, 0.1) is 19.1 Å². The molecule has 0 saturated heterocycles. The monoisotopic (exact) mass is 376 g/mol. The van der Waals surface area contributed by atoms with Crippen LogP contribution < -0.4 is 14.4 Å². The first-order chi connectivity index (χ1) is 12.3. The summed E-state index contributed by atoms with van der Waals surface area (Å²) in [6.07, 6.45) is 1.75. The lowest BCUT2D eigenvalue weighted by atomic mass is 10.2. The highest BCUT2D eigenvalue weighted by Crippen LogP contribution is 2.29. The molecule has 2 rings (SSSR count). The second kappa shape index (κ2) is 8.71. The van der Waals surface area contributed by atoms with E-state index in [9.17, 15) is 13.2 Å². The average Bonchev–Trinajstić information content (AvgIpc) is 2.60. The van der Waals surface area contributed by atoms with Crippen LogP contribution in [0.1, 0.15) is 18.4 Å². The van der Waals surface area contributed by atoms with Crippen molar-refractivity contribution in [2.45, 2.75) is 19.8 Å². The number of ether oxygens (including phenoxy) is 1. The second-order valence-corrected chi connectivity index (χ2v) is 7.93. The van der Waals surface area contributed by atoms with E-state index >= 15 is 0 Å². The average molecular weight is 376 g/mol. The van der Waals surface area contributed by atoms with E-state index in [1.165, 1.54) is 11.4 Å². The lowest BCUT2D eigenvalue weighted by Gasteiger charge is -2.24. The zero-order chi connectivity index (χ0) is 19.2. The maximum absolute atomic E-state index is 12.2. The maximum atomic E-state index is 12.2. The number of methoxy groups -OCH3 is 1. The molecule has 0 bridgehead atoms. The van der Waals surface area contributed by atoms with Crippen LogP contribution in [0.3, 0.4) is 0 Å². The van der Waals surface area contributed by atoms with Gasteiger partial charge in [0.2, 0.25) is 15.9 Å². The predicted octanol–water partition coefficient (Wildman–Crippen LogP) is 3.19. The van der Waals surface area contributed by atoms with Crippen LogP contribution in [0.5, 0.6) is 5.75 Å². The van der Waals surface area contributed by atoms with Gasteiger partial charge in [-0.15, -0.1) is 0 Å². The third-order valence-electron chi connectivity index (χ3n) is 3.85. The van der Waals surface area contributed by atoms with Gasteiger partial charge in [-0.1, -0.05) is 29.8 Å². The van der Waals surface area contributed by atoms with E-state index in [2.05, 4.69) is 5.32 Å². The van der Waals surface area contributed by atoms with E-state index in [0.29, 0.717) is 17.9 Å². The Balaban J connectivity index is 2.00. The fourth-order valence-electron chi connectivity index (χ4n) is 2.54. The smallest absolute Gasteiger partial charge is 0.232 e. The number of rotatable bonds is 8. The SMILES string of the molecule is COc1ccccc1N(CCCC(=O)Nc1ccc(C)cc1)S(C)(=O)=O. The molecule has 2 aromatic carbocycles. The number of hydrogen-bond acceptors (Lipinski definition) is 4. The number of sulfonamides is 1. The molecular weight excluding hydrogens is 352 g/mol. The number of carbonyl (C=O) groups is 1. The van der Waals surface area contributed by atoms with Gasteiger partial charge < -0.3 is 10.1 Å². The van der Waals surface area contributed by atoms with Crippen LogP contribution in [0.25, 0.3) is 0 Å². The number of aryl methyl sites for hydroxylation is 1. The number of carbonyl (C=O) groups excluding carboxylic acids is 1. The summed E-state index contributed by atoms with van der Waals surface area (Å²) >= 11 is 0. The van der Waals surface area contributed by atoms with Crippen molar-refractivity contribution in [2.75, 3.05) is 29.5 Å². The molecule has 0 aliphatic rings. The number of benzene rings is 2. The van der Waals surface area contributed by atoms with Crippen LogP contribution in [0.4, 0.5) is 11.4 Å². The fraction of sp³-hybridized carbons (Fsp3) is 0.316. The molecule has 1 N–H and O–H groups in total. The first-order valence-electron chi connectivity index (χ1n) is 8.28. The zero-order valence-corrected chi connectivity index (χ0v) is 16.0. The molecule has 0 unspecified atom stereocenters. The summed E-state index contributed by atoms with van der Waals surface area (Å²) < 4.78 is 30.9. The number of para-hydroxylation sites is 2. The van der Waals surface area contributed by atoms with Gasteiger partial charge in [-0.2, -0.15) is 0 Å². The fourth-order valence-corrected chi connectivity index (χ4v) is 3.51. The normalized spacial score (nSPS) is 11.0. The highest BCUT2D eigenvalue weighted by Gasteiger charge is 2.20. The van der Waals surface area contributed by atoms with Crippen LogP contribution >= 0.6 is 0 Å². The Morgan fingerprint density at radius 2 is 1.77 bits per heavy atom. The summed E-state index contributed by atoms with van der Waals surface area (Å²) in [5, 5.41) is 2.81. The molecule has 0 atom stereocenters. The molecule has 1 amide bonds. The molecule has 6 nitrogen and oxygen atoms in total. The van der Waals surface area contributed by atoms with Gasteiger partial charge in [0.15, 0.2) is 0 Å². The lowest BCUT2D eigenvalue weighted by molar-refractivity contribution is -0.116. The van der Waals surface area contributed by atoms with Crippen LogP contribution in [-0.4, -0.2) is 34.2 Å². The molecule has 140 valence electrons. The number of nitrogens with one attached hydrogen (secondary N) is 1. The molecular formula is C19H24N2O4S. The van der Waals surface area contributed by atoms with Crippen molar-refractivity contribution >= 4 is 27.3 Å². The molecule has 0 spiro atoms. The Kier molecular flexibility index (Phi) is 6.63. The summed E-state index contributed by atoms with van der Waals surface area (Å²) in [5.74, 6) is 0.323. The minimum absolute atomic E-state index is 0.151. The minimum Gasteiger partial charge on any atom is -0.495 e. The van der Waals surface area contributed by atoms with Gasteiger partial charge >= 0.3 is 0 Å². The zero-order valence-electron chi connectivity index (χ0n) is 15.2. The van der Waals surface area contributed by atoms with E-state index < -0.39 is 10.0 Å². The highest BCUT2D eigenvalue weighted by molar-refractivity contribution is 7.92. The van der Waals surface area contributed by atoms with Gasteiger partial charge in [-0.3, -0.25) is 9.10 Å². The molecule has 0 fully saturated rings.